The van der Waals surface area contributed by atoms with Crippen molar-refractivity contribution in [2.24, 2.45) is 0 Å². The summed E-state index contributed by atoms with van der Waals surface area (Å²) < 4.78 is 32.7. The van der Waals surface area contributed by atoms with Crippen LogP contribution in [0.1, 0.15) is 128 Å². The molecule has 2 saturated carbocycles. The van der Waals surface area contributed by atoms with Gasteiger partial charge in [0.15, 0.2) is 0 Å². The van der Waals surface area contributed by atoms with Crippen molar-refractivity contribution in [3.8, 4) is 11.1 Å². The lowest BCUT2D eigenvalue weighted by molar-refractivity contribution is -0.138. The van der Waals surface area contributed by atoms with Crippen LogP contribution in [0.4, 0.5) is 8.78 Å². The largest absolute Gasteiger partial charge is 0.481 e. The van der Waals surface area contributed by atoms with Gasteiger partial charge in [-0.05, 0) is 147 Å². The van der Waals surface area contributed by atoms with Crippen LogP contribution < -0.4 is 10.9 Å². The Labute approximate surface area is 287 Å². The number of aromatic nitrogens is 1. The summed E-state index contributed by atoms with van der Waals surface area (Å²) >= 11 is 0. The fraction of sp³-hybridized carbons (Fsp3) is 0.525. The van der Waals surface area contributed by atoms with Crippen LogP contribution in [-0.4, -0.2) is 47.1 Å². The third-order valence-electron chi connectivity index (χ3n) is 10.5. The number of aryl methyl sites for hydroxylation is 2. The van der Waals surface area contributed by atoms with Crippen molar-refractivity contribution in [3.05, 3.63) is 91.9 Å². The number of amides is 1. The topological polar surface area (TPSA) is 91.6 Å². The predicted octanol–water partition coefficient (Wildman–Crippen LogP) is 7.73. The van der Waals surface area contributed by atoms with Crippen LogP contribution in [0.15, 0.2) is 41.3 Å². The number of hydrogen-bond donors (Lipinski definition) is 2. The van der Waals surface area contributed by atoms with Gasteiger partial charge in [0.1, 0.15) is 17.7 Å². The SMILES string of the molecule is Cc1cc(F)cc2c1-c1cc(C3CC3)c(F)c(c1)[C@H](CC(=O)O)NC(=O)[C@@H](n1cc(CCN(C)C)c(C3CC3)cc1=O)CCCCCCC2. The lowest BCUT2D eigenvalue weighted by Gasteiger charge is -2.26. The maximum absolute atomic E-state index is 16.5. The Kier molecular flexibility index (Phi) is 10.7. The van der Waals surface area contributed by atoms with E-state index < -0.39 is 36.2 Å². The number of hydrogen-bond acceptors (Lipinski definition) is 4. The number of fused-ring (bicyclic) bond motifs is 4. The number of rotatable bonds is 8. The zero-order valence-electron chi connectivity index (χ0n) is 29.0. The Balaban J connectivity index is 1.45. The molecule has 2 bridgehead atoms. The number of benzene rings is 2. The fourth-order valence-corrected chi connectivity index (χ4v) is 7.62. The first-order valence-corrected chi connectivity index (χ1v) is 18.0. The van der Waals surface area contributed by atoms with Gasteiger partial charge in [-0.3, -0.25) is 14.4 Å². The van der Waals surface area contributed by atoms with E-state index in [2.05, 4.69) is 10.2 Å². The Bertz CT molecular complexity index is 1780. The molecule has 49 heavy (non-hydrogen) atoms. The number of likely N-dealkylation sites (N-methyl/N-ethyl adjacent to an activating group) is 1. The van der Waals surface area contributed by atoms with E-state index in [0.29, 0.717) is 36.3 Å². The van der Waals surface area contributed by atoms with Gasteiger partial charge >= 0.3 is 5.97 Å². The quantitative estimate of drug-likeness (QED) is 0.256. The minimum Gasteiger partial charge on any atom is -0.481 e. The minimum absolute atomic E-state index is 0.00609. The normalized spacial score (nSPS) is 20.6. The van der Waals surface area contributed by atoms with E-state index in [9.17, 15) is 23.9 Å². The summed E-state index contributed by atoms with van der Waals surface area (Å²) in [6.07, 6.45) is 11.1. The van der Waals surface area contributed by atoms with Crippen LogP contribution in [-0.2, 0) is 22.4 Å². The average molecular weight is 674 g/mol. The second-order valence-electron chi connectivity index (χ2n) is 14.8. The van der Waals surface area contributed by atoms with Crippen molar-refractivity contribution in [2.75, 3.05) is 20.6 Å². The summed E-state index contributed by atoms with van der Waals surface area (Å²) in [4.78, 5) is 42.4. The molecule has 7 nitrogen and oxygen atoms in total. The highest BCUT2D eigenvalue weighted by Gasteiger charge is 2.34. The van der Waals surface area contributed by atoms with Crippen LogP contribution in [0.3, 0.4) is 0 Å². The predicted molar refractivity (Wildman–Crippen MR) is 187 cm³/mol. The molecule has 0 radical (unpaired) electrons. The van der Waals surface area contributed by atoms with Gasteiger partial charge in [0, 0.05) is 24.4 Å². The number of carboxylic acid groups (broad SMARTS) is 1. The van der Waals surface area contributed by atoms with Gasteiger partial charge in [-0.25, -0.2) is 8.78 Å². The van der Waals surface area contributed by atoms with E-state index in [1.807, 2.05) is 33.3 Å². The van der Waals surface area contributed by atoms with Crippen molar-refractivity contribution in [3.63, 3.8) is 0 Å². The maximum atomic E-state index is 16.5. The van der Waals surface area contributed by atoms with Crippen molar-refractivity contribution >= 4 is 11.9 Å². The highest BCUT2D eigenvalue weighted by Crippen LogP contribution is 2.45. The molecule has 3 aromatic rings. The standard InChI is InChI=1S/C40H49F2N3O4/c1-24-17-30(41)18-27-9-7-5-4-6-8-10-35(45-23-28(15-16-44(2)3)31(21-36(45)46)25-11-12-25)40(49)43-34(22-37(47)48)33-20-29(38(24)27)19-32(39(33)42)26-13-14-26/h17-21,23,25-26,34-35H,4-16,22H2,1-3H3,(H,43,49)(H,47,48)/t34-,35-/m0/s1. The summed E-state index contributed by atoms with van der Waals surface area (Å²) in [6.45, 7) is 2.64. The van der Waals surface area contributed by atoms with E-state index in [1.165, 1.54) is 10.6 Å². The lowest BCUT2D eigenvalue weighted by atomic mass is 9.87. The summed E-state index contributed by atoms with van der Waals surface area (Å²) in [6, 6.07) is 6.18. The zero-order valence-corrected chi connectivity index (χ0v) is 29.0. The Morgan fingerprint density at radius 3 is 2.27 bits per heavy atom. The van der Waals surface area contributed by atoms with Gasteiger partial charge in [-0.2, -0.15) is 0 Å². The zero-order chi connectivity index (χ0) is 34.8. The number of carboxylic acids is 1. The first kappa shape index (κ1) is 35.0. The third kappa shape index (κ3) is 8.31. The molecule has 2 fully saturated rings. The Morgan fingerprint density at radius 2 is 1.57 bits per heavy atom. The number of carbonyl (C=O) groups excluding carboxylic acids is 1. The number of nitrogens with zero attached hydrogens (tertiary/aromatic N) is 2. The Hall–Kier alpha value is -3.85. The molecule has 0 unspecified atom stereocenters. The molecule has 6 rings (SSSR count). The lowest BCUT2D eigenvalue weighted by Crippen LogP contribution is -2.40. The first-order chi connectivity index (χ1) is 23.5. The van der Waals surface area contributed by atoms with Gasteiger partial charge in [-0.15, -0.1) is 0 Å². The highest BCUT2D eigenvalue weighted by molar-refractivity contribution is 5.82. The highest BCUT2D eigenvalue weighted by atomic mass is 19.1. The second kappa shape index (κ2) is 15.0. The van der Waals surface area contributed by atoms with E-state index in [-0.39, 0.29) is 22.9 Å². The molecule has 0 saturated heterocycles. The minimum atomic E-state index is -1.18. The van der Waals surface area contributed by atoms with Crippen molar-refractivity contribution in [1.29, 1.82) is 0 Å². The molecule has 1 amide bonds. The second-order valence-corrected chi connectivity index (χ2v) is 14.8. The van der Waals surface area contributed by atoms with E-state index in [4.69, 9.17) is 0 Å². The monoisotopic (exact) mass is 673 g/mol. The molecule has 2 aliphatic carbocycles. The van der Waals surface area contributed by atoms with Gasteiger partial charge < -0.3 is 19.9 Å². The fourth-order valence-electron chi connectivity index (χ4n) is 7.62. The van der Waals surface area contributed by atoms with Crippen LogP contribution in [0, 0.1) is 18.6 Å². The van der Waals surface area contributed by atoms with E-state index >= 15 is 4.39 Å². The van der Waals surface area contributed by atoms with Gasteiger partial charge in [-0.1, -0.05) is 25.7 Å². The van der Waals surface area contributed by atoms with Crippen LogP contribution >= 0.6 is 0 Å². The van der Waals surface area contributed by atoms with Crippen molar-refractivity contribution < 1.29 is 23.5 Å². The van der Waals surface area contributed by atoms with Crippen molar-refractivity contribution in [2.45, 2.75) is 114 Å². The molecule has 262 valence electrons. The molecule has 2 aromatic carbocycles. The number of nitrogens with one attached hydrogen (secondary N) is 1. The smallest absolute Gasteiger partial charge is 0.305 e. The van der Waals surface area contributed by atoms with E-state index in [0.717, 1.165) is 92.1 Å². The molecule has 1 aromatic heterocycles. The molecule has 2 atom stereocenters. The number of pyridine rings is 1. The summed E-state index contributed by atoms with van der Waals surface area (Å²) in [5.74, 6) is -2.12. The van der Waals surface area contributed by atoms with Crippen molar-refractivity contribution in [1.82, 2.24) is 14.8 Å². The van der Waals surface area contributed by atoms with Crippen LogP contribution in [0.25, 0.3) is 11.1 Å². The van der Waals surface area contributed by atoms with Gasteiger partial charge in [0.05, 0.1) is 12.5 Å². The summed E-state index contributed by atoms with van der Waals surface area (Å²) in [5, 5.41) is 12.9. The van der Waals surface area contributed by atoms with Gasteiger partial charge in [0.2, 0.25) is 5.91 Å². The van der Waals surface area contributed by atoms with E-state index in [1.54, 1.807) is 18.2 Å². The number of aliphatic carboxylic acids is 1. The molecular formula is C40H49F2N3O4. The molecule has 2 heterocycles. The molecule has 3 aliphatic rings. The van der Waals surface area contributed by atoms with Crippen LogP contribution in [0.2, 0.25) is 0 Å². The van der Waals surface area contributed by atoms with Gasteiger partial charge in [0.25, 0.3) is 5.56 Å². The average Bonchev–Trinajstić information content (AvgIpc) is 3.95. The number of halogens is 2. The molecule has 9 heteroatoms. The molecule has 0 spiro atoms. The first-order valence-electron chi connectivity index (χ1n) is 18.0. The maximum Gasteiger partial charge on any atom is 0.305 e. The molecule has 1 aliphatic heterocycles. The molecular weight excluding hydrogens is 624 g/mol. The molecule has 2 N–H and O–H groups in total. The summed E-state index contributed by atoms with van der Waals surface area (Å²) in [7, 11) is 4.01. The van der Waals surface area contributed by atoms with Crippen LogP contribution in [0.5, 0.6) is 0 Å². The summed E-state index contributed by atoms with van der Waals surface area (Å²) in [5.41, 5.74) is 5.59. The number of carbonyl (C=O) groups is 2. The Morgan fingerprint density at radius 1 is 0.898 bits per heavy atom. The third-order valence-corrected chi connectivity index (χ3v) is 10.5.